The number of carbonyl (C=O) groups is 2. The number of aliphatic hydroxyl groups excluding tert-OH is 2. The van der Waals surface area contributed by atoms with Crippen molar-refractivity contribution in [2.24, 2.45) is 0 Å². The molecule has 0 fully saturated rings. The SMILES string of the molecule is O=C1c2ccccc2C(=O)c2c(NCCCOCCO)ccc(NCCCOCCO)c21. The molecule has 0 aromatic heterocycles. The first-order valence-electron chi connectivity index (χ1n) is 10.9. The summed E-state index contributed by atoms with van der Waals surface area (Å²) in [4.78, 5) is 26.7. The second kappa shape index (κ2) is 12.3. The summed E-state index contributed by atoms with van der Waals surface area (Å²) in [7, 11) is 0. The molecule has 2 aromatic carbocycles. The third kappa shape index (κ3) is 5.72. The Labute approximate surface area is 187 Å². The summed E-state index contributed by atoms with van der Waals surface area (Å²) in [6, 6.07) is 10.5. The minimum atomic E-state index is -0.177. The Morgan fingerprint density at radius 1 is 0.656 bits per heavy atom. The molecular formula is C24H30N2O6. The largest absolute Gasteiger partial charge is 0.394 e. The van der Waals surface area contributed by atoms with Crippen LogP contribution in [0, 0.1) is 0 Å². The number of hydrogen-bond donors (Lipinski definition) is 4. The van der Waals surface area contributed by atoms with Crippen LogP contribution in [0.25, 0.3) is 0 Å². The van der Waals surface area contributed by atoms with Gasteiger partial charge in [0.25, 0.3) is 0 Å². The van der Waals surface area contributed by atoms with Crippen LogP contribution in [0.5, 0.6) is 0 Å². The maximum Gasteiger partial charge on any atom is 0.196 e. The van der Waals surface area contributed by atoms with E-state index in [0.717, 1.165) is 0 Å². The Morgan fingerprint density at radius 2 is 1.09 bits per heavy atom. The summed E-state index contributed by atoms with van der Waals surface area (Å²) in [5, 5.41) is 24.1. The van der Waals surface area contributed by atoms with Crippen molar-refractivity contribution in [3.63, 3.8) is 0 Å². The zero-order valence-electron chi connectivity index (χ0n) is 18.1. The zero-order valence-corrected chi connectivity index (χ0v) is 18.1. The summed E-state index contributed by atoms with van der Waals surface area (Å²) in [6.45, 7) is 2.67. The first-order valence-corrected chi connectivity index (χ1v) is 10.9. The molecule has 0 saturated carbocycles. The van der Waals surface area contributed by atoms with Crippen LogP contribution in [0.1, 0.15) is 44.7 Å². The van der Waals surface area contributed by atoms with Crippen molar-refractivity contribution in [1.82, 2.24) is 0 Å². The number of carbonyl (C=O) groups excluding carboxylic acids is 2. The van der Waals surface area contributed by atoms with E-state index in [9.17, 15) is 9.59 Å². The molecule has 2 aromatic rings. The third-order valence-corrected chi connectivity index (χ3v) is 5.11. The summed E-state index contributed by atoms with van der Waals surface area (Å²) in [5.74, 6) is -0.353. The highest BCUT2D eigenvalue weighted by Crippen LogP contribution is 2.36. The van der Waals surface area contributed by atoms with E-state index in [4.69, 9.17) is 19.7 Å². The Kier molecular flexibility index (Phi) is 9.18. The van der Waals surface area contributed by atoms with Gasteiger partial charge in [-0.05, 0) is 25.0 Å². The minimum Gasteiger partial charge on any atom is -0.394 e. The van der Waals surface area contributed by atoms with Gasteiger partial charge >= 0.3 is 0 Å². The topological polar surface area (TPSA) is 117 Å². The number of fused-ring (bicyclic) bond motifs is 2. The normalized spacial score (nSPS) is 12.4. The molecule has 172 valence electrons. The molecular weight excluding hydrogens is 412 g/mol. The molecule has 0 heterocycles. The summed E-state index contributed by atoms with van der Waals surface area (Å²) in [6.07, 6.45) is 1.39. The number of anilines is 2. The smallest absolute Gasteiger partial charge is 0.196 e. The lowest BCUT2D eigenvalue weighted by Crippen LogP contribution is -2.24. The van der Waals surface area contributed by atoms with Gasteiger partial charge in [-0.2, -0.15) is 0 Å². The monoisotopic (exact) mass is 442 g/mol. The molecule has 8 heteroatoms. The van der Waals surface area contributed by atoms with E-state index in [-0.39, 0.29) is 24.8 Å². The molecule has 0 atom stereocenters. The summed E-state index contributed by atoms with van der Waals surface area (Å²) < 4.78 is 10.5. The molecule has 1 aliphatic rings. The lowest BCUT2D eigenvalue weighted by Gasteiger charge is -2.24. The molecule has 0 bridgehead atoms. The minimum absolute atomic E-state index is 0.0149. The van der Waals surface area contributed by atoms with Crippen molar-refractivity contribution in [2.45, 2.75) is 12.8 Å². The highest BCUT2D eigenvalue weighted by atomic mass is 16.5. The quantitative estimate of drug-likeness (QED) is 0.281. The molecule has 32 heavy (non-hydrogen) atoms. The molecule has 0 aliphatic heterocycles. The lowest BCUT2D eigenvalue weighted by atomic mass is 9.82. The number of nitrogens with one attached hydrogen (secondary N) is 2. The number of ether oxygens (including phenoxy) is 2. The van der Waals surface area contributed by atoms with Crippen LogP contribution in [0.4, 0.5) is 11.4 Å². The molecule has 1 aliphatic carbocycles. The van der Waals surface area contributed by atoms with Crippen LogP contribution in [0.15, 0.2) is 36.4 Å². The molecule has 0 unspecified atom stereocenters. The van der Waals surface area contributed by atoms with Crippen LogP contribution in [-0.2, 0) is 9.47 Å². The zero-order chi connectivity index (χ0) is 22.8. The first-order chi connectivity index (χ1) is 15.7. The van der Waals surface area contributed by atoms with Gasteiger partial charge in [0.2, 0.25) is 0 Å². The van der Waals surface area contributed by atoms with Gasteiger partial charge < -0.3 is 30.3 Å². The molecule has 4 N–H and O–H groups in total. The second-order valence-corrected chi connectivity index (χ2v) is 7.35. The predicted octanol–water partition coefficient (Wildman–Crippen LogP) is 2.08. The van der Waals surface area contributed by atoms with E-state index in [0.29, 0.717) is 86.0 Å². The van der Waals surface area contributed by atoms with Crippen molar-refractivity contribution in [1.29, 1.82) is 0 Å². The van der Waals surface area contributed by atoms with Crippen molar-refractivity contribution in [2.75, 3.05) is 63.4 Å². The van der Waals surface area contributed by atoms with E-state index < -0.39 is 0 Å². The first kappa shape index (κ1) is 23.9. The Balaban J connectivity index is 1.79. The van der Waals surface area contributed by atoms with E-state index in [1.165, 1.54) is 0 Å². The summed E-state index contributed by atoms with van der Waals surface area (Å²) >= 11 is 0. The number of rotatable bonds is 14. The van der Waals surface area contributed by atoms with Gasteiger partial charge in [-0.3, -0.25) is 9.59 Å². The van der Waals surface area contributed by atoms with Gasteiger partial charge in [-0.15, -0.1) is 0 Å². The van der Waals surface area contributed by atoms with E-state index >= 15 is 0 Å². The fourth-order valence-electron chi connectivity index (χ4n) is 3.65. The number of benzene rings is 2. The van der Waals surface area contributed by atoms with Crippen LogP contribution < -0.4 is 10.6 Å². The third-order valence-electron chi connectivity index (χ3n) is 5.11. The van der Waals surface area contributed by atoms with Crippen molar-refractivity contribution in [3.8, 4) is 0 Å². The number of ketones is 2. The highest BCUT2D eigenvalue weighted by molar-refractivity contribution is 6.31. The molecule has 3 rings (SSSR count). The van der Waals surface area contributed by atoms with Crippen LogP contribution in [0.3, 0.4) is 0 Å². The molecule has 0 spiro atoms. The molecule has 0 radical (unpaired) electrons. The van der Waals surface area contributed by atoms with Gasteiger partial charge in [-0.25, -0.2) is 0 Å². The Bertz CT molecular complexity index is 857. The van der Waals surface area contributed by atoms with Crippen molar-refractivity contribution < 1.29 is 29.3 Å². The maximum absolute atomic E-state index is 13.3. The van der Waals surface area contributed by atoms with Crippen molar-refractivity contribution >= 4 is 22.9 Å². The highest BCUT2D eigenvalue weighted by Gasteiger charge is 2.33. The van der Waals surface area contributed by atoms with Gasteiger partial charge in [0, 0.05) is 48.8 Å². The van der Waals surface area contributed by atoms with Gasteiger partial charge in [0.15, 0.2) is 11.6 Å². The fraction of sp³-hybridized carbons (Fsp3) is 0.417. The van der Waals surface area contributed by atoms with Crippen LogP contribution in [-0.4, -0.2) is 74.5 Å². The van der Waals surface area contributed by atoms with Crippen LogP contribution >= 0.6 is 0 Å². The van der Waals surface area contributed by atoms with E-state index in [1.54, 1.807) is 24.3 Å². The van der Waals surface area contributed by atoms with Gasteiger partial charge in [0.05, 0.1) is 37.6 Å². The average Bonchev–Trinajstić information content (AvgIpc) is 2.82. The average molecular weight is 443 g/mol. The predicted molar refractivity (Wildman–Crippen MR) is 122 cm³/mol. The van der Waals surface area contributed by atoms with Gasteiger partial charge in [-0.1, -0.05) is 24.3 Å². The molecule has 0 saturated heterocycles. The second-order valence-electron chi connectivity index (χ2n) is 7.35. The molecule has 8 nitrogen and oxygen atoms in total. The summed E-state index contributed by atoms with van der Waals surface area (Å²) in [5.41, 5.74) is 2.82. The maximum atomic E-state index is 13.3. The number of hydrogen-bond acceptors (Lipinski definition) is 8. The standard InChI is InChI=1S/C24H30N2O6/c27-11-15-31-13-3-9-25-19-7-8-20(26-10-4-14-32-16-12-28)22-21(19)23(29)17-5-1-2-6-18(17)24(22)30/h1-2,5-8,25-28H,3-4,9-16H2. The Hall–Kier alpha value is -2.78. The van der Waals surface area contributed by atoms with Gasteiger partial charge in [0.1, 0.15) is 0 Å². The number of aliphatic hydroxyl groups is 2. The van der Waals surface area contributed by atoms with E-state index in [2.05, 4.69) is 10.6 Å². The molecule has 0 amide bonds. The van der Waals surface area contributed by atoms with Crippen molar-refractivity contribution in [3.05, 3.63) is 58.7 Å². The Morgan fingerprint density at radius 3 is 1.50 bits per heavy atom. The lowest BCUT2D eigenvalue weighted by molar-refractivity contribution is 0.0921. The van der Waals surface area contributed by atoms with Crippen LogP contribution in [0.2, 0.25) is 0 Å². The van der Waals surface area contributed by atoms with E-state index in [1.807, 2.05) is 12.1 Å². The fourth-order valence-corrected chi connectivity index (χ4v) is 3.65.